The molecule has 2 aromatic rings. The number of fused-ring (bicyclic) bond motifs is 3. The molecule has 0 aromatic heterocycles. The summed E-state index contributed by atoms with van der Waals surface area (Å²) in [4.78, 5) is 11.6. The van der Waals surface area contributed by atoms with Gasteiger partial charge in [-0.2, -0.15) is 0 Å². The molecule has 0 amide bonds. The first-order chi connectivity index (χ1) is 9.68. The van der Waals surface area contributed by atoms with Gasteiger partial charge in [0.1, 0.15) is 0 Å². The highest BCUT2D eigenvalue weighted by Gasteiger charge is 2.44. The van der Waals surface area contributed by atoms with Gasteiger partial charge in [-0.05, 0) is 34.2 Å². The molecule has 20 heavy (non-hydrogen) atoms. The van der Waals surface area contributed by atoms with Crippen molar-refractivity contribution in [3.63, 3.8) is 0 Å². The highest BCUT2D eigenvalue weighted by atomic mass is 16.4. The molecule has 0 fully saturated rings. The molecule has 100 valence electrons. The van der Waals surface area contributed by atoms with Gasteiger partial charge >= 0.3 is 5.97 Å². The van der Waals surface area contributed by atoms with Gasteiger partial charge in [0.05, 0.1) is 12.0 Å². The van der Waals surface area contributed by atoms with Crippen LogP contribution in [0.2, 0.25) is 0 Å². The Morgan fingerprint density at radius 2 is 1.70 bits per heavy atom. The number of carboxylic acids is 1. The minimum atomic E-state index is -0.828. The maximum Gasteiger partial charge on any atom is 0.307 e. The molecule has 3 nitrogen and oxygen atoms in total. The molecule has 0 radical (unpaired) electrons. The van der Waals surface area contributed by atoms with Crippen LogP contribution in [0.25, 0.3) is 11.1 Å². The van der Waals surface area contributed by atoms with Gasteiger partial charge in [-0.25, -0.2) is 0 Å². The van der Waals surface area contributed by atoms with Crippen molar-refractivity contribution in [2.24, 2.45) is 5.92 Å². The fourth-order valence-electron chi connectivity index (χ4n) is 3.79. The molecule has 3 atom stereocenters. The topological polar surface area (TPSA) is 57.5 Å². The van der Waals surface area contributed by atoms with E-state index in [1.54, 1.807) is 0 Å². The summed E-state index contributed by atoms with van der Waals surface area (Å²) in [6.07, 6.45) is -0.401. The second kappa shape index (κ2) is 3.93. The van der Waals surface area contributed by atoms with Crippen LogP contribution in [0.1, 0.15) is 35.1 Å². The zero-order chi connectivity index (χ0) is 13.9. The van der Waals surface area contributed by atoms with Crippen LogP contribution in [0.5, 0.6) is 0 Å². The number of benzene rings is 2. The third-order valence-electron chi connectivity index (χ3n) is 4.59. The summed E-state index contributed by atoms with van der Waals surface area (Å²) in [5.74, 6) is -1.51. The van der Waals surface area contributed by atoms with Gasteiger partial charge in [-0.1, -0.05) is 42.5 Å². The molecule has 2 aliphatic rings. The van der Waals surface area contributed by atoms with Gasteiger partial charge < -0.3 is 10.2 Å². The average molecular weight is 266 g/mol. The standard InChI is InChI=1S/C17H14O3/c18-14-8-13(17(19)20)16-10-5-2-1-4-9(10)11-6-3-7-12(14)15(11)16/h1-7,13-14,16,18H,8H2,(H,19,20)/t13-,14-,16-/m1/s1. The number of aliphatic carboxylic acids is 1. The number of aliphatic hydroxyl groups is 1. The lowest BCUT2D eigenvalue weighted by atomic mass is 9.73. The molecule has 2 N–H and O–H groups in total. The zero-order valence-electron chi connectivity index (χ0n) is 10.8. The second-order valence-corrected chi connectivity index (χ2v) is 5.57. The van der Waals surface area contributed by atoms with E-state index >= 15 is 0 Å². The van der Waals surface area contributed by atoms with Crippen molar-refractivity contribution in [3.05, 3.63) is 59.2 Å². The summed E-state index contributed by atoms with van der Waals surface area (Å²) < 4.78 is 0. The Labute approximate surface area is 116 Å². The van der Waals surface area contributed by atoms with Crippen molar-refractivity contribution in [3.8, 4) is 11.1 Å². The average Bonchev–Trinajstić information content (AvgIpc) is 2.79. The van der Waals surface area contributed by atoms with Gasteiger partial charge in [0.2, 0.25) is 0 Å². The summed E-state index contributed by atoms with van der Waals surface area (Å²) >= 11 is 0. The van der Waals surface area contributed by atoms with Gasteiger partial charge in [0, 0.05) is 5.92 Å². The molecule has 4 rings (SSSR count). The van der Waals surface area contributed by atoms with Crippen LogP contribution in [-0.2, 0) is 4.79 Å². The molecule has 2 aliphatic carbocycles. The van der Waals surface area contributed by atoms with Crippen LogP contribution >= 0.6 is 0 Å². The minimum absolute atomic E-state index is 0.127. The molecule has 2 aromatic carbocycles. The molecular weight excluding hydrogens is 252 g/mol. The SMILES string of the molecule is O=C(O)[C@@H]1C[C@@H](O)c2cccc3c2[C@@H]1c1ccccc1-3. The molecule has 0 saturated carbocycles. The molecule has 0 unspecified atom stereocenters. The molecule has 0 bridgehead atoms. The predicted octanol–water partition coefficient (Wildman–Crippen LogP) is 2.94. The lowest BCUT2D eigenvalue weighted by Gasteiger charge is -2.32. The number of hydrogen-bond donors (Lipinski definition) is 2. The molecule has 0 saturated heterocycles. The highest BCUT2D eigenvalue weighted by Crippen LogP contribution is 2.55. The van der Waals surface area contributed by atoms with Crippen molar-refractivity contribution in [2.45, 2.75) is 18.4 Å². The van der Waals surface area contributed by atoms with Crippen LogP contribution in [0, 0.1) is 5.92 Å². The van der Waals surface area contributed by atoms with Gasteiger partial charge in [-0.3, -0.25) is 4.79 Å². The molecule has 3 heteroatoms. The van der Waals surface area contributed by atoms with Crippen molar-refractivity contribution in [2.75, 3.05) is 0 Å². The Bertz CT molecular complexity index is 720. The molecule has 0 spiro atoms. The highest BCUT2D eigenvalue weighted by molar-refractivity contribution is 5.85. The van der Waals surface area contributed by atoms with Gasteiger partial charge in [-0.15, -0.1) is 0 Å². The van der Waals surface area contributed by atoms with E-state index in [4.69, 9.17) is 0 Å². The van der Waals surface area contributed by atoms with Crippen LogP contribution in [0.4, 0.5) is 0 Å². The Kier molecular flexibility index (Phi) is 2.30. The number of aliphatic hydroxyl groups excluding tert-OH is 1. The van der Waals surface area contributed by atoms with Crippen molar-refractivity contribution in [1.29, 1.82) is 0 Å². The number of carboxylic acid groups (broad SMARTS) is 1. The predicted molar refractivity (Wildman–Crippen MR) is 74.4 cm³/mol. The summed E-state index contributed by atoms with van der Waals surface area (Å²) in [5.41, 5.74) is 5.16. The fourth-order valence-corrected chi connectivity index (χ4v) is 3.79. The van der Waals surface area contributed by atoms with Crippen molar-refractivity contribution in [1.82, 2.24) is 0 Å². The van der Waals surface area contributed by atoms with E-state index in [-0.39, 0.29) is 12.3 Å². The van der Waals surface area contributed by atoms with E-state index in [2.05, 4.69) is 0 Å². The minimum Gasteiger partial charge on any atom is -0.481 e. The van der Waals surface area contributed by atoms with Crippen LogP contribution in [0.15, 0.2) is 42.5 Å². The Hall–Kier alpha value is -2.13. The maximum absolute atomic E-state index is 11.6. The zero-order valence-corrected chi connectivity index (χ0v) is 10.8. The first kappa shape index (κ1) is 11.7. The maximum atomic E-state index is 11.6. The number of carbonyl (C=O) groups is 1. The second-order valence-electron chi connectivity index (χ2n) is 5.57. The monoisotopic (exact) mass is 266 g/mol. The van der Waals surface area contributed by atoms with E-state index in [9.17, 15) is 15.0 Å². The summed E-state index contributed by atoms with van der Waals surface area (Å²) in [5, 5.41) is 19.8. The van der Waals surface area contributed by atoms with E-state index in [0.717, 1.165) is 27.8 Å². The van der Waals surface area contributed by atoms with E-state index in [1.165, 1.54) is 0 Å². The first-order valence-corrected chi connectivity index (χ1v) is 6.81. The van der Waals surface area contributed by atoms with Crippen LogP contribution < -0.4 is 0 Å². The normalized spacial score (nSPS) is 25.9. The quantitative estimate of drug-likeness (QED) is 0.834. The van der Waals surface area contributed by atoms with Gasteiger partial charge in [0.15, 0.2) is 0 Å². The summed E-state index contributed by atoms with van der Waals surface area (Å²) in [7, 11) is 0. The third kappa shape index (κ3) is 1.36. The van der Waals surface area contributed by atoms with Crippen molar-refractivity contribution < 1.29 is 15.0 Å². The largest absolute Gasteiger partial charge is 0.481 e. The summed E-state index contributed by atoms with van der Waals surface area (Å²) in [6.45, 7) is 0. The van der Waals surface area contributed by atoms with Crippen LogP contribution in [0.3, 0.4) is 0 Å². The lowest BCUT2D eigenvalue weighted by molar-refractivity contribution is -0.143. The van der Waals surface area contributed by atoms with Crippen molar-refractivity contribution >= 4 is 5.97 Å². The van der Waals surface area contributed by atoms with E-state index in [0.29, 0.717) is 0 Å². The summed E-state index contributed by atoms with van der Waals surface area (Å²) in [6, 6.07) is 13.9. The smallest absolute Gasteiger partial charge is 0.307 e. The van der Waals surface area contributed by atoms with E-state index in [1.807, 2.05) is 42.5 Å². The molecular formula is C17H14O3. The van der Waals surface area contributed by atoms with Crippen LogP contribution in [-0.4, -0.2) is 16.2 Å². The molecule has 0 aliphatic heterocycles. The third-order valence-corrected chi connectivity index (χ3v) is 4.59. The molecule has 0 heterocycles. The Morgan fingerprint density at radius 3 is 2.50 bits per heavy atom. The number of hydrogen-bond acceptors (Lipinski definition) is 2. The number of rotatable bonds is 1. The Balaban J connectivity index is 2.05. The lowest BCUT2D eigenvalue weighted by Crippen LogP contribution is -2.29. The van der Waals surface area contributed by atoms with Gasteiger partial charge in [0.25, 0.3) is 0 Å². The van der Waals surface area contributed by atoms with E-state index < -0.39 is 18.0 Å². The fraction of sp³-hybridized carbons (Fsp3) is 0.235. The Morgan fingerprint density at radius 1 is 1.00 bits per heavy atom. The first-order valence-electron chi connectivity index (χ1n) is 6.81.